The molecule has 0 spiro atoms. The molecule has 3 nitrogen and oxygen atoms in total. The van der Waals surface area contributed by atoms with Crippen LogP contribution in [0.5, 0.6) is 5.75 Å². The monoisotopic (exact) mass is 206 g/mol. The van der Waals surface area contributed by atoms with Gasteiger partial charge in [0.25, 0.3) is 0 Å². The van der Waals surface area contributed by atoms with Crippen LogP contribution in [0, 0.1) is 6.92 Å². The normalized spacial score (nSPS) is 25.5. The molecule has 0 amide bonds. The minimum Gasteiger partial charge on any atom is -0.496 e. The van der Waals surface area contributed by atoms with E-state index in [4.69, 9.17) is 10.5 Å². The van der Waals surface area contributed by atoms with Gasteiger partial charge in [-0.2, -0.15) is 0 Å². The third-order valence-corrected chi connectivity index (χ3v) is 3.05. The Balaban J connectivity index is 2.36. The summed E-state index contributed by atoms with van der Waals surface area (Å²) in [6.45, 7) is 3.93. The molecule has 1 aromatic rings. The van der Waals surface area contributed by atoms with E-state index in [1.165, 1.54) is 11.1 Å². The summed E-state index contributed by atoms with van der Waals surface area (Å²) in [6, 6.07) is 6.46. The van der Waals surface area contributed by atoms with Gasteiger partial charge in [-0.1, -0.05) is 17.7 Å². The molecule has 2 unspecified atom stereocenters. The van der Waals surface area contributed by atoms with Crippen LogP contribution in [0.3, 0.4) is 0 Å². The van der Waals surface area contributed by atoms with E-state index in [1.807, 2.05) is 6.07 Å². The third-order valence-electron chi connectivity index (χ3n) is 3.05. The van der Waals surface area contributed by atoms with Gasteiger partial charge < -0.3 is 15.8 Å². The van der Waals surface area contributed by atoms with Crippen LogP contribution < -0.4 is 15.8 Å². The molecule has 2 rings (SSSR count). The van der Waals surface area contributed by atoms with Crippen LogP contribution in [0.1, 0.15) is 17.0 Å². The molecule has 0 aliphatic carbocycles. The van der Waals surface area contributed by atoms with E-state index in [-0.39, 0.29) is 6.04 Å². The lowest BCUT2D eigenvalue weighted by Gasteiger charge is -2.18. The van der Waals surface area contributed by atoms with Crippen LogP contribution in [-0.4, -0.2) is 26.2 Å². The highest BCUT2D eigenvalue weighted by Crippen LogP contribution is 2.30. The first-order chi connectivity index (χ1) is 7.22. The highest BCUT2D eigenvalue weighted by molar-refractivity contribution is 5.41. The number of methoxy groups -OCH3 is 1. The fraction of sp³-hybridized carbons (Fsp3) is 0.500. The second-order valence-electron chi connectivity index (χ2n) is 4.17. The highest BCUT2D eigenvalue weighted by atomic mass is 16.5. The van der Waals surface area contributed by atoms with Crippen molar-refractivity contribution < 1.29 is 4.74 Å². The van der Waals surface area contributed by atoms with Gasteiger partial charge in [-0.15, -0.1) is 0 Å². The molecule has 0 aromatic heterocycles. The minimum atomic E-state index is 0.195. The largest absolute Gasteiger partial charge is 0.496 e. The van der Waals surface area contributed by atoms with Gasteiger partial charge in [0.1, 0.15) is 5.75 Å². The van der Waals surface area contributed by atoms with Crippen LogP contribution >= 0.6 is 0 Å². The molecular formula is C12H18N2O. The van der Waals surface area contributed by atoms with Crippen molar-refractivity contribution in [3.8, 4) is 5.75 Å². The maximum Gasteiger partial charge on any atom is 0.122 e. The van der Waals surface area contributed by atoms with Crippen molar-refractivity contribution >= 4 is 0 Å². The van der Waals surface area contributed by atoms with E-state index in [0.717, 1.165) is 18.8 Å². The van der Waals surface area contributed by atoms with Crippen molar-refractivity contribution in [2.45, 2.75) is 18.9 Å². The summed E-state index contributed by atoms with van der Waals surface area (Å²) in [7, 11) is 1.71. The Morgan fingerprint density at radius 3 is 2.80 bits per heavy atom. The molecule has 0 radical (unpaired) electrons. The number of hydrogen-bond acceptors (Lipinski definition) is 3. The van der Waals surface area contributed by atoms with Crippen molar-refractivity contribution in [2.75, 3.05) is 20.2 Å². The highest BCUT2D eigenvalue weighted by Gasteiger charge is 2.27. The van der Waals surface area contributed by atoms with Crippen LogP contribution in [0.25, 0.3) is 0 Å². The van der Waals surface area contributed by atoms with Gasteiger partial charge in [0.15, 0.2) is 0 Å². The average Bonchev–Trinajstić information content (AvgIpc) is 2.64. The molecule has 1 saturated heterocycles. The standard InChI is InChI=1S/C12H18N2O/c1-8-3-4-12(15-2)9(5-8)10-6-14-7-11(10)13/h3-5,10-11,14H,6-7,13H2,1-2H3. The predicted octanol–water partition coefficient (Wildman–Crippen LogP) is 1.02. The first kappa shape index (κ1) is 10.5. The topological polar surface area (TPSA) is 47.3 Å². The third kappa shape index (κ3) is 1.98. The molecule has 0 saturated carbocycles. The van der Waals surface area contributed by atoms with Gasteiger partial charge in [-0.05, 0) is 13.0 Å². The first-order valence-corrected chi connectivity index (χ1v) is 5.33. The zero-order chi connectivity index (χ0) is 10.8. The van der Waals surface area contributed by atoms with Crippen LogP contribution in [0.2, 0.25) is 0 Å². The molecule has 1 aliphatic rings. The maximum atomic E-state index is 6.07. The van der Waals surface area contributed by atoms with Crippen LogP contribution in [-0.2, 0) is 0 Å². The minimum absolute atomic E-state index is 0.195. The number of benzene rings is 1. The van der Waals surface area contributed by atoms with E-state index in [9.17, 15) is 0 Å². The van der Waals surface area contributed by atoms with Crippen molar-refractivity contribution in [3.63, 3.8) is 0 Å². The Morgan fingerprint density at radius 2 is 2.20 bits per heavy atom. The van der Waals surface area contributed by atoms with E-state index in [1.54, 1.807) is 7.11 Å². The van der Waals surface area contributed by atoms with Crippen LogP contribution in [0.4, 0.5) is 0 Å². The molecule has 1 aliphatic heterocycles. The number of nitrogens with two attached hydrogens (primary N) is 1. The Morgan fingerprint density at radius 1 is 1.40 bits per heavy atom. The Bertz CT molecular complexity index is 351. The van der Waals surface area contributed by atoms with E-state index >= 15 is 0 Å². The van der Waals surface area contributed by atoms with E-state index < -0.39 is 0 Å². The molecule has 3 heteroatoms. The molecule has 2 atom stereocenters. The van der Waals surface area contributed by atoms with Crippen molar-refractivity contribution in [3.05, 3.63) is 29.3 Å². The van der Waals surface area contributed by atoms with Crippen molar-refractivity contribution in [1.29, 1.82) is 0 Å². The molecule has 1 aromatic carbocycles. The number of hydrogen-bond donors (Lipinski definition) is 2. The summed E-state index contributed by atoms with van der Waals surface area (Å²) in [5, 5.41) is 3.31. The number of ether oxygens (including phenoxy) is 1. The molecule has 1 fully saturated rings. The van der Waals surface area contributed by atoms with Crippen molar-refractivity contribution in [2.24, 2.45) is 5.73 Å². The lowest BCUT2D eigenvalue weighted by Crippen LogP contribution is -2.27. The summed E-state index contributed by atoms with van der Waals surface area (Å²) in [6.07, 6.45) is 0. The number of rotatable bonds is 2. The lowest BCUT2D eigenvalue weighted by molar-refractivity contribution is 0.404. The van der Waals surface area contributed by atoms with Gasteiger partial charge in [0, 0.05) is 30.6 Å². The summed E-state index contributed by atoms with van der Waals surface area (Å²) >= 11 is 0. The Kier molecular flexibility index (Phi) is 2.93. The Labute approximate surface area is 90.6 Å². The summed E-state index contributed by atoms with van der Waals surface area (Å²) in [4.78, 5) is 0. The maximum absolute atomic E-state index is 6.07. The molecule has 15 heavy (non-hydrogen) atoms. The first-order valence-electron chi connectivity index (χ1n) is 5.33. The second kappa shape index (κ2) is 4.21. The lowest BCUT2D eigenvalue weighted by atomic mass is 9.93. The van der Waals surface area contributed by atoms with Gasteiger partial charge >= 0.3 is 0 Å². The predicted molar refractivity (Wildman–Crippen MR) is 61.3 cm³/mol. The smallest absolute Gasteiger partial charge is 0.122 e. The van der Waals surface area contributed by atoms with E-state index in [2.05, 4.69) is 24.4 Å². The SMILES string of the molecule is COc1ccc(C)cc1C1CNCC1N. The van der Waals surface area contributed by atoms with Crippen LogP contribution in [0.15, 0.2) is 18.2 Å². The molecule has 0 bridgehead atoms. The number of aryl methyl sites for hydroxylation is 1. The zero-order valence-electron chi connectivity index (χ0n) is 9.29. The van der Waals surface area contributed by atoms with Gasteiger partial charge in [0.05, 0.1) is 7.11 Å². The fourth-order valence-corrected chi connectivity index (χ4v) is 2.18. The van der Waals surface area contributed by atoms with E-state index in [0.29, 0.717) is 5.92 Å². The van der Waals surface area contributed by atoms with Crippen molar-refractivity contribution in [1.82, 2.24) is 5.32 Å². The van der Waals surface area contributed by atoms with Gasteiger partial charge in [-0.3, -0.25) is 0 Å². The number of nitrogens with one attached hydrogen (secondary N) is 1. The summed E-state index contributed by atoms with van der Waals surface area (Å²) in [5.41, 5.74) is 8.55. The second-order valence-corrected chi connectivity index (χ2v) is 4.17. The zero-order valence-corrected chi connectivity index (χ0v) is 9.29. The Hall–Kier alpha value is -1.06. The fourth-order valence-electron chi connectivity index (χ4n) is 2.18. The summed E-state index contributed by atoms with van der Waals surface area (Å²) < 4.78 is 5.38. The molecular weight excluding hydrogens is 188 g/mol. The van der Waals surface area contributed by atoms with Gasteiger partial charge in [0.2, 0.25) is 0 Å². The molecule has 3 N–H and O–H groups in total. The molecule has 82 valence electrons. The summed E-state index contributed by atoms with van der Waals surface area (Å²) in [5.74, 6) is 1.32. The molecule has 1 heterocycles. The van der Waals surface area contributed by atoms with Gasteiger partial charge in [-0.25, -0.2) is 0 Å². The quantitative estimate of drug-likeness (QED) is 0.759. The average molecular weight is 206 g/mol.